The topological polar surface area (TPSA) is 21.3 Å². The zero-order valence-corrected chi connectivity index (χ0v) is 8.16. The van der Waals surface area contributed by atoms with Gasteiger partial charge in [0.25, 0.3) is 0 Å². The van der Waals surface area contributed by atoms with Crippen LogP contribution < -0.4 is 5.48 Å². The largest absolute Gasteiger partial charge is 0.305 e. The van der Waals surface area contributed by atoms with Crippen LogP contribution in [0.25, 0.3) is 10.8 Å². The Morgan fingerprint density at radius 2 is 1.86 bits per heavy atom. The molecule has 0 radical (unpaired) electrons. The highest BCUT2D eigenvalue weighted by atomic mass is 16.6. The van der Waals surface area contributed by atoms with E-state index >= 15 is 0 Å². The first-order valence-electron chi connectivity index (χ1n) is 4.63. The summed E-state index contributed by atoms with van der Waals surface area (Å²) in [5.41, 5.74) is 4.06. The fourth-order valence-electron chi connectivity index (χ4n) is 1.50. The van der Waals surface area contributed by atoms with E-state index in [1.807, 2.05) is 0 Å². The van der Waals surface area contributed by atoms with Crippen molar-refractivity contribution in [1.29, 1.82) is 0 Å². The summed E-state index contributed by atoms with van der Waals surface area (Å²) in [5.74, 6) is 0. The van der Waals surface area contributed by atoms with Gasteiger partial charge in [-0.2, -0.15) is 5.48 Å². The van der Waals surface area contributed by atoms with Gasteiger partial charge < -0.3 is 4.84 Å². The van der Waals surface area contributed by atoms with Crippen LogP contribution in [0.4, 0.5) is 0 Å². The molecule has 0 aliphatic carbocycles. The van der Waals surface area contributed by atoms with Crippen LogP contribution in [-0.4, -0.2) is 7.11 Å². The molecule has 0 unspecified atom stereocenters. The van der Waals surface area contributed by atoms with E-state index in [0.29, 0.717) is 0 Å². The van der Waals surface area contributed by atoms with E-state index in [4.69, 9.17) is 4.84 Å². The predicted molar refractivity (Wildman–Crippen MR) is 57.8 cm³/mol. The summed E-state index contributed by atoms with van der Waals surface area (Å²) >= 11 is 0. The van der Waals surface area contributed by atoms with Gasteiger partial charge in [-0.3, -0.25) is 0 Å². The minimum absolute atomic E-state index is 0.737. The number of rotatable bonds is 3. The standard InChI is InChI=1S/C12H13NO/c1-14-13-9-10-6-7-11-4-2-3-5-12(11)8-10/h2-8,13H,9H2,1H3. The predicted octanol–water partition coefficient (Wildman–Crippen LogP) is 2.49. The highest BCUT2D eigenvalue weighted by molar-refractivity contribution is 5.82. The van der Waals surface area contributed by atoms with E-state index in [9.17, 15) is 0 Å². The molecule has 0 amide bonds. The summed E-state index contributed by atoms with van der Waals surface area (Å²) in [4.78, 5) is 4.81. The normalized spacial score (nSPS) is 10.6. The van der Waals surface area contributed by atoms with Gasteiger partial charge in [0.05, 0.1) is 7.11 Å². The van der Waals surface area contributed by atoms with Gasteiger partial charge in [-0.05, 0) is 22.4 Å². The molecule has 1 N–H and O–H groups in total. The Balaban J connectivity index is 2.32. The third kappa shape index (κ3) is 1.92. The van der Waals surface area contributed by atoms with Crippen LogP contribution in [0.3, 0.4) is 0 Å². The molecule has 0 heterocycles. The lowest BCUT2D eigenvalue weighted by molar-refractivity contribution is 0.0867. The second-order valence-corrected chi connectivity index (χ2v) is 3.21. The van der Waals surface area contributed by atoms with Gasteiger partial charge in [0.2, 0.25) is 0 Å². The van der Waals surface area contributed by atoms with Crippen molar-refractivity contribution in [3.05, 3.63) is 48.0 Å². The Morgan fingerprint density at radius 3 is 2.64 bits per heavy atom. The van der Waals surface area contributed by atoms with Crippen molar-refractivity contribution >= 4 is 10.8 Å². The number of fused-ring (bicyclic) bond motifs is 1. The second-order valence-electron chi connectivity index (χ2n) is 3.21. The fraction of sp³-hybridized carbons (Fsp3) is 0.167. The molecule has 2 nitrogen and oxygen atoms in total. The third-order valence-electron chi connectivity index (χ3n) is 2.23. The maximum atomic E-state index is 4.81. The first-order chi connectivity index (χ1) is 6.90. The van der Waals surface area contributed by atoms with E-state index in [2.05, 4.69) is 47.9 Å². The van der Waals surface area contributed by atoms with Crippen LogP contribution in [0.15, 0.2) is 42.5 Å². The number of hydrogen-bond acceptors (Lipinski definition) is 2. The molecule has 0 bridgehead atoms. The number of benzene rings is 2. The lowest BCUT2D eigenvalue weighted by Crippen LogP contribution is -2.10. The molecule has 72 valence electrons. The average molecular weight is 187 g/mol. The summed E-state index contributed by atoms with van der Waals surface area (Å²) in [6.45, 7) is 0.737. The van der Waals surface area contributed by atoms with Gasteiger partial charge in [0, 0.05) is 6.54 Å². The van der Waals surface area contributed by atoms with E-state index in [1.54, 1.807) is 7.11 Å². The molecule has 0 aromatic heterocycles. The van der Waals surface area contributed by atoms with Crippen LogP contribution in [-0.2, 0) is 11.4 Å². The molecular formula is C12H13NO. The maximum Gasteiger partial charge on any atom is 0.0572 e. The lowest BCUT2D eigenvalue weighted by atomic mass is 10.1. The highest BCUT2D eigenvalue weighted by Crippen LogP contribution is 2.15. The first-order valence-corrected chi connectivity index (χ1v) is 4.63. The summed E-state index contributed by atoms with van der Waals surface area (Å²) in [6, 6.07) is 14.7. The van der Waals surface area contributed by atoms with Crippen LogP contribution in [0.2, 0.25) is 0 Å². The zero-order valence-electron chi connectivity index (χ0n) is 8.16. The molecule has 0 aliphatic rings. The molecule has 2 rings (SSSR count). The molecule has 0 spiro atoms. The maximum absolute atomic E-state index is 4.81. The molecular weight excluding hydrogens is 174 g/mol. The van der Waals surface area contributed by atoms with E-state index in [0.717, 1.165) is 6.54 Å². The van der Waals surface area contributed by atoms with Crippen molar-refractivity contribution in [1.82, 2.24) is 5.48 Å². The molecule has 0 saturated carbocycles. The van der Waals surface area contributed by atoms with Crippen molar-refractivity contribution in [2.75, 3.05) is 7.11 Å². The third-order valence-corrected chi connectivity index (χ3v) is 2.23. The first kappa shape index (κ1) is 9.19. The van der Waals surface area contributed by atoms with Gasteiger partial charge in [-0.15, -0.1) is 0 Å². The summed E-state index contributed by atoms with van der Waals surface area (Å²) in [7, 11) is 1.63. The SMILES string of the molecule is CONCc1ccc2ccccc2c1. The van der Waals surface area contributed by atoms with Gasteiger partial charge in [-0.1, -0.05) is 36.4 Å². The molecule has 0 atom stereocenters. The number of nitrogens with one attached hydrogen (secondary N) is 1. The summed E-state index contributed by atoms with van der Waals surface area (Å²) < 4.78 is 0. The Labute approximate surface area is 83.5 Å². The van der Waals surface area contributed by atoms with Gasteiger partial charge >= 0.3 is 0 Å². The minimum atomic E-state index is 0.737. The van der Waals surface area contributed by atoms with E-state index < -0.39 is 0 Å². The summed E-state index contributed by atoms with van der Waals surface area (Å²) in [5, 5.41) is 2.54. The quantitative estimate of drug-likeness (QED) is 0.745. The van der Waals surface area contributed by atoms with Gasteiger partial charge in [0.1, 0.15) is 0 Å². The lowest BCUT2D eigenvalue weighted by Gasteiger charge is -2.03. The molecule has 0 fully saturated rings. The van der Waals surface area contributed by atoms with Crippen LogP contribution >= 0.6 is 0 Å². The Morgan fingerprint density at radius 1 is 1.07 bits per heavy atom. The molecule has 0 aliphatic heterocycles. The Kier molecular flexibility index (Phi) is 2.77. The van der Waals surface area contributed by atoms with Crippen molar-refractivity contribution in [3.8, 4) is 0 Å². The van der Waals surface area contributed by atoms with Crippen LogP contribution in [0, 0.1) is 0 Å². The molecule has 2 aromatic rings. The number of hydrogen-bond donors (Lipinski definition) is 1. The molecule has 2 aromatic carbocycles. The highest BCUT2D eigenvalue weighted by Gasteiger charge is 1.94. The fourth-order valence-corrected chi connectivity index (χ4v) is 1.50. The molecule has 0 saturated heterocycles. The average Bonchev–Trinajstić information content (AvgIpc) is 2.26. The monoisotopic (exact) mass is 187 g/mol. The smallest absolute Gasteiger partial charge is 0.0572 e. The Hall–Kier alpha value is -1.38. The van der Waals surface area contributed by atoms with Gasteiger partial charge in [0.15, 0.2) is 0 Å². The van der Waals surface area contributed by atoms with Crippen molar-refractivity contribution in [3.63, 3.8) is 0 Å². The van der Waals surface area contributed by atoms with Gasteiger partial charge in [-0.25, -0.2) is 0 Å². The molecule has 2 heteroatoms. The Bertz CT molecular complexity index is 425. The minimum Gasteiger partial charge on any atom is -0.305 e. The van der Waals surface area contributed by atoms with Crippen molar-refractivity contribution in [2.24, 2.45) is 0 Å². The second kappa shape index (κ2) is 4.22. The van der Waals surface area contributed by atoms with Crippen molar-refractivity contribution in [2.45, 2.75) is 6.54 Å². The van der Waals surface area contributed by atoms with Crippen molar-refractivity contribution < 1.29 is 4.84 Å². The van der Waals surface area contributed by atoms with Crippen LogP contribution in [0.1, 0.15) is 5.56 Å². The number of hydroxylamine groups is 1. The van der Waals surface area contributed by atoms with Crippen LogP contribution in [0.5, 0.6) is 0 Å². The molecule has 14 heavy (non-hydrogen) atoms. The van der Waals surface area contributed by atoms with E-state index in [-0.39, 0.29) is 0 Å². The summed E-state index contributed by atoms with van der Waals surface area (Å²) in [6.07, 6.45) is 0. The zero-order chi connectivity index (χ0) is 9.80. The van der Waals surface area contributed by atoms with E-state index in [1.165, 1.54) is 16.3 Å².